The van der Waals surface area contributed by atoms with E-state index in [2.05, 4.69) is 31.9 Å². The van der Waals surface area contributed by atoms with Gasteiger partial charge in [-0.2, -0.15) is 0 Å². The molecule has 0 saturated heterocycles. The van der Waals surface area contributed by atoms with Crippen LogP contribution >= 0.6 is 31.9 Å². The number of rotatable bonds is 3. The molecular formula is C7H8Br2O. The maximum absolute atomic E-state index is 5.40. The van der Waals surface area contributed by atoms with E-state index >= 15 is 0 Å². The molecule has 0 fully saturated rings. The van der Waals surface area contributed by atoms with E-state index in [0.29, 0.717) is 0 Å². The smallest absolute Gasteiger partial charge is 0.114 e. The standard InChI is InChI=1S/C7H8Br2O/c8-4-3-6-1-2-7(5-9)10-6/h1-2H,3-5H2. The normalized spacial score (nSPS) is 10.2. The molecule has 0 aromatic carbocycles. The Balaban J connectivity index is 2.59. The van der Waals surface area contributed by atoms with E-state index in [4.69, 9.17) is 4.42 Å². The van der Waals surface area contributed by atoms with Gasteiger partial charge < -0.3 is 4.42 Å². The molecule has 0 N–H and O–H groups in total. The van der Waals surface area contributed by atoms with Crippen molar-refractivity contribution in [3.05, 3.63) is 23.7 Å². The van der Waals surface area contributed by atoms with Crippen LogP contribution in [0.1, 0.15) is 11.5 Å². The average Bonchev–Trinajstić information content (AvgIpc) is 2.37. The van der Waals surface area contributed by atoms with Crippen molar-refractivity contribution in [2.45, 2.75) is 11.8 Å². The topological polar surface area (TPSA) is 13.1 Å². The first-order chi connectivity index (χ1) is 4.86. The first-order valence-electron chi connectivity index (χ1n) is 3.06. The van der Waals surface area contributed by atoms with Gasteiger partial charge in [0.2, 0.25) is 0 Å². The van der Waals surface area contributed by atoms with E-state index in [1.54, 1.807) is 0 Å². The molecule has 3 heteroatoms. The summed E-state index contributed by atoms with van der Waals surface area (Å²) in [5, 5.41) is 1.76. The quantitative estimate of drug-likeness (QED) is 0.767. The molecule has 1 nitrogen and oxygen atoms in total. The average molecular weight is 268 g/mol. The minimum atomic E-state index is 0.801. The molecule has 1 aromatic rings. The van der Waals surface area contributed by atoms with Crippen molar-refractivity contribution in [1.82, 2.24) is 0 Å². The third-order valence-corrected chi connectivity index (χ3v) is 2.14. The Morgan fingerprint density at radius 3 is 2.40 bits per heavy atom. The van der Waals surface area contributed by atoms with E-state index in [-0.39, 0.29) is 0 Å². The van der Waals surface area contributed by atoms with Crippen molar-refractivity contribution in [2.75, 3.05) is 5.33 Å². The summed E-state index contributed by atoms with van der Waals surface area (Å²) < 4.78 is 5.40. The van der Waals surface area contributed by atoms with Crippen LogP contribution in [-0.2, 0) is 11.8 Å². The number of alkyl halides is 2. The molecule has 0 amide bonds. The maximum Gasteiger partial charge on any atom is 0.114 e. The highest BCUT2D eigenvalue weighted by molar-refractivity contribution is 9.09. The zero-order valence-electron chi connectivity index (χ0n) is 5.44. The van der Waals surface area contributed by atoms with Crippen molar-refractivity contribution >= 4 is 31.9 Å². The predicted octanol–water partition coefficient (Wildman–Crippen LogP) is 3.11. The number of furan rings is 1. The second kappa shape index (κ2) is 4.19. The lowest BCUT2D eigenvalue weighted by atomic mass is 10.4. The summed E-state index contributed by atoms with van der Waals surface area (Å²) in [7, 11) is 0. The fourth-order valence-corrected chi connectivity index (χ4v) is 1.41. The van der Waals surface area contributed by atoms with Crippen molar-refractivity contribution in [2.24, 2.45) is 0 Å². The van der Waals surface area contributed by atoms with Crippen molar-refractivity contribution < 1.29 is 4.42 Å². The van der Waals surface area contributed by atoms with Gasteiger partial charge in [0.25, 0.3) is 0 Å². The van der Waals surface area contributed by atoms with Gasteiger partial charge in [-0.3, -0.25) is 0 Å². The summed E-state index contributed by atoms with van der Waals surface area (Å²) in [6.45, 7) is 0. The van der Waals surface area contributed by atoms with Crippen LogP contribution in [0.25, 0.3) is 0 Å². The molecule has 0 unspecified atom stereocenters. The molecule has 1 rings (SSSR count). The lowest BCUT2D eigenvalue weighted by Crippen LogP contribution is -1.79. The van der Waals surface area contributed by atoms with Gasteiger partial charge >= 0.3 is 0 Å². The molecule has 0 bridgehead atoms. The van der Waals surface area contributed by atoms with Gasteiger partial charge in [-0.1, -0.05) is 31.9 Å². The SMILES string of the molecule is BrCCc1ccc(CBr)o1. The van der Waals surface area contributed by atoms with Crippen LogP contribution in [0, 0.1) is 0 Å². The molecule has 0 aliphatic carbocycles. The van der Waals surface area contributed by atoms with Crippen molar-refractivity contribution in [1.29, 1.82) is 0 Å². The maximum atomic E-state index is 5.40. The zero-order chi connectivity index (χ0) is 7.40. The van der Waals surface area contributed by atoms with Crippen molar-refractivity contribution in [3.8, 4) is 0 Å². The van der Waals surface area contributed by atoms with E-state index < -0.39 is 0 Å². The lowest BCUT2D eigenvalue weighted by Gasteiger charge is -1.88. The van der Waals surface area contributed by atoms with E-state index in [1.165, 1.54) is 0 Å². The Labute approximate surface area is 77.1 Å². The molecule has 0 spiro atoms. The second-order valence-electron chi connectivity index (χ2n) is 1.94. The minimum Gasteiger partial charge on any atom is -0.465 e. The first kappa shape index (κ1) is 8.34. The molecular weight excluding hydrogens is 260 g/mol. The Morgan fingerprint density at radius 1 is 1.20 bits per heavy atom. The van der Waals surface area contributed by atoms with Crippen LogP contribution < -0.4 is 0 Å². The second-order valence-corrected chi connectivity index (χ2v) is 3.29. The molecule has 1 heterocycles. The van der Waals surface area contributed by atoms with Gasteiger partial charge in [0.1, 0.15) is 11.5 Å². The van der Waals surface area contributed by atoms with Gasteiger partial charge in [0.15, 0.2) is 0 Å². The Hall–Kier alpha value is 0.240. The fraction of sp³-hybridized carbons (Fsp3) is 0.429. The number of halogens is 2. The van der Waals surface area contributed by atoms with Crippen LogP contribution in [0.5, 0.6) is 0 Å². The van der Waals surface area contributed by atoms with Gasteiger partial charge in [-0.15, -0.1) is 0 Å². The number of aryl methyl sites for hydroxylation is 1. The van der Waals surface area contributed by atoms with E-state index in [0.717, 1.165) is 28.6 Å². The number of hydrogen-bond acceptors (Lipinski definition) is 1. The molecule has 0 atom stereocenters. The zero-order valence-corrected chi connectivity index (χ0v) is 8.61. The summed E-state index contributed by atoms with van der Waals surface area (Å²) >= 11 is 6.66. The lowest BCUT2D eigenvalue weighted by molar-refractivity contribution is 0.488. The van der Waals surface area contributed by atoms with Crippen LogP contribution in [-0.4, -0.2) is 5.33 Å². The highest BCUT2D eigenvalue weighted by Crippen LogP contribution is 2.11. The Kier molecular flexibility index (Phi) is 3.49. The molecule has 0 saturated carbocycles. The Bertz CT molecular complexity index is 195. The summed E-state index contributed by atoms with van der Waals surface area (Å²) in [6, 6.07) is 4.00. The van der Waals surface area contributed by atoms with Gasteiger partial charge in [-0.05, 0) is 12.1 Å². The summed E-state index contributed by atoms with van der Waals surface area (Å²) in [4.78, 5) is 0. The largest absolute Gasteiger partial charge is 0.465 e. The third-order valence-electron chi connectivity index (χ3n) is 1.19. The molecule has 10 heavy (non-hydrogen) atoms. The molecule has 1 aromatic heterocycles. The summed E-state index contributed by atoms with van der Waals surface area (Å²) in [5.41, 5.74) is 0. The van der Waals surface area contributed by atoms with E-state index in [1.807, 2.05) is 12.1 Å². The van der Waals surface area contributed by atoms with Crippen LogP contribution in [0.4, 0.5) is 0 Å². The van der Waals surface area contributed by atoms with Crippen LogP contribution in [0.3, 0.4) is 0 Å². The summed E-state index contributed by atoms with van der Waals surface area (Å²) in [6.07, 6.45) is 0.965. The first-order valence-corrected chi connectivity index (χ1v) is 5.30. The van der Waals surface area contributed by atoms with Gasteiger partial charge in [0, 0.05) is 11.8 Å². The van der Waals surface area contributed by atoms with Gasteiger partial charge in [-0.25, -0.2) is 0 Å². The highest BCUT2D eigenvalue weighted by Gasteiger charge is 1.98. The van der Waals surface area contributed by atoms with E-state index in [9.17, 15) is 0 Å². The highest BCUT2D eigenvalue weighted by atomic mass is 79.9. The third kappa shape index (κ3) is 2.13. The van der Waals surface area contributed by atoms with Crippen molar-refractivity contribution in [3.63, 3.8) is 0 Å². The molecule has 0 radical (unpaired) electrons. The predicted molar refractivity (Wildman–Crippen MR) is 48.8 cm³/mol. The number of hydrogen-bond donors (Lipinski definition) is 0. The Morgan fingerprint density at radius 2 is 1.90 bits per heavy atom. The summed E-state index contributed by atoms with van der Waals surface area (Å²) in [5.74, 6) is 2.04. The van der Waals surface area contributed by atoms with Gasteiger partial charge in [0.05, 0.1) is 5.33 Å². The molecule has 0 aliphatic heterocycles. The van der Waals surface area contributed by atoms with Crippen LogP contribution in [0.15, 0.2) is 16.5 Å². The minimum absolute atomic E-state index is 0.801. The molecule has 0 aliphatic rings. The monoisotopic (exact) mass is 266 g/mol. The fourth-order valence-electron chi connectivity index (χ4n) is 0.722. The molecule has 56 valence electrons. The van der Waals surface area contributed by atoms with Crippen LogP contribution in [0.2, 0.25) is 0 Å².